The van der Waals surface area contributed by atoms with E-state index >= 15 is 0 Å². The highest BCUT2D eigenvalue weighted by atomic mass is 19.1. The van der Waals surface area contributed by atoms with Crippen LogP contribution in [0.4, 0.5) is 4.39 Å². The predicted octanol–water partition coefficient (Wildman–Crippen LogP) is 3.26. The van der Waals surface area contributed by atoms with Crippen molar-refractivity contribution in [1.29, 1.82) is 5.26 Å². The molecular formula is C17H17FN2O. The van der Waals surface area contributed by atoms with Crippen molar-refractivity contribution in [2.75, 3.05) is 13.7 Å². The van der Waals surface area contributed by atoms with E-state index in [1.165, 1.54) is 19.2 Å². The highest BCUT2D eigenvalue weighted by molar-refractivity contribution is 5.77. The first kappa shape index (κ1) is 15.0. The Hall–Kier alpha value is -2.38. The van der Waals surface area contributed by atoms with Crippen LogP contribution in [0.25, 0.3) is 11.1 Å². The zero-order chi connectivity index (χ0) is 15.2. The topological polar surface area (TPSA) is 59.0 Å². The van der Waals surface area contributed by atoms with E-state index in [1.54, 1.807) is 6.07 Å². The van der Waals surface area contributed by atoms with E-state index in [0.717, 1.165) is 35.3 Å². The summed E-state index contributed by atoms with van der Waals surface area (Å²) in [5.74, 6) is 0.433. The molecule has 108 valence electrons. The van der Waals surface area contributed by atoms with Crippen LogP contribution in [0.5, 0.6) is 5.75 Å². The Bertz CT molecular complexity index is 677. The van der Waals surface area contributed by atoms with Crippen LogP contribution < -0.4 is 10.5 Å². The van der Waals surface area contributed by atoms with Crippen LogP contribution in [0.15, 0.2) is 36.4 Å². The number of halogens is 1. The SMILES string of the molecule is CN.N#Cc1cc(F)ccc1-c1cccc2c1OCCC2. The number of nitriles is 1. The fourth-order valence-electron chi connectivity index (χ4n) is 2.44. The third kappa shape index (κ3) is 3.04. The number of hydrogen-bond donors (Lipinski definition) is 1. The zero-order valence-electron chi connectivity index (χ0n) is 11.9. The van der Waals surface area contributed by atoms with E-state index in [1.807, 2.05) is 24.3 Å². The minimum absolute atomic E-state index is 0.336. The maximum atomic E-state index is 13.2. The normalized spacial score (nSPS) is 12.3. The molecule has 0 aliphatic carbocycles. The van der Waals surface area contributed by atoms with Crippen molar-refractivity contribution >= 4 is 0 Å². The quantitative estimate of drug-likeness (QED) is 0.874. The van der Waals surface area contributed by atoms with Gasteiger partial charge >= 0.3 is 0 Å². The molecule has 1 aliphatic heterocycles. The lowest BCUT2D eigenvalue weighted by atomic mass is 9.95. The predicted molar refractivity (Wildman–Crippen MR) is 80.5 cm³/mol. The Morgan fingerprint density at radius 3 is 2.76 bits per heavy atom. The number of hydrogen-bond acceptors (Lipinski definition) is 3. The van der Waals surface area contributed by atoms with Gasteiger partial charge in [0.25, 0.3) is 0 Å². The monoisotopic (exact) mass is 284 g/mol. The average Bonchev–Trinajstić information content (AvgIpc) is 2.56. The lowest BCUT2D eigenvalue weighted by molar-refractivity contribution is 0.289. The molecule has 1 aliphatic rings. The Morgan fingerprint density at radius 1 is 1.19 bits per heavy atom. The van der Waals surface area contributed by atoms with Gasteiger partial charge in [0, 0.05) is 11.1 Å². The second kappa shape index (κ2) is 6.87. The summed E-state index contributed by atoms with van der Waals surface area (Å²) in [6, 6.07) is 12.2. The molecule has 0 amide bonds. The summed E-state index contributed by atoms with van der Waals surface area (Å²) in [5, 5.41) is 9.15. The van der Waals surface area contributed by atoms with Gasteiger partial charge in [0.1, 0.15) is 11.6 Å². The number of nitrogens with two attached hydrogens (primary N) is 1. The molecule has 0 aromatic heterocycles. The minimum Gasteiger partial charge on any atom is -0.493 e. The van der Waals surface area contributed by atoms with Gasteiger partial charge in [-0.15, -0.1) is 0 Å². The Balaban J connectivity index is 0.000000774. The van der Waals surface area contributed by atoms with Gasteiger partial charge in [-0.05, 0) is 37.6 Å². The highest BCUT2D eigenvalue weighted by Gasteiger charge is 2.17. The highest BCUT2D eigenvalue weighted by Crippen LogP contribution is 2.37. The summed E-state index contributed by atoms with van der Waals surface area (Å²) < 4.78 is 18.9. The molecular weight excluding hydrogens is 267 g/mol. The van der Waals surface area contributed by atoms with Gasteiger partial charge in [0.15, 0.2) is 0 Å². The summed E-state index contributed by atoms with van der Waals surface area (Å²) in [5.41, 5.74) is 7.58. The molecule has 0 atom stereocenters. The van der Waals surface area contributed by atoms with Crippen molar-refractivity contribution < 1.29 is 9.13 Å². The van der Waals surface area contributed by atoms with Crippen LogP contribution >= 0.6 is 0 Å². The van der Waals surface area contributed by atoms with Crippen LogP contribution in [0.3, 0.4) is 0 Å². The fraction of sp³-hybridized carbons (Fsp3) is 0.235. The summed E-state index contributed by atoms with van der Waals surface area (Å²) in [6.45, 7) is 0.688. The third-order valence-electron chi connectivity index (χ3n) is 3.33. The molecule has 0 saturated carbocycles. The van der Waals surface area contributed by atoms with Crippen molar-refractivity contribution in [3.8, 4) is 22.9 Å². The lowest BCUT2D eigenvalue weighted by Gasteiger charge is -2.20. The van der Waals surface area contributed by atoms with Gasteiger partial charge < -0.3 is 10.5 Å². The molecule has 3 nitrogen and oxygen atoms in total. The number of aryl methyl sites for hydroxylation is 1. The molecule has 0 unspecified atom stereocenters. The Labute approximate surface area is 123 Å². The van der Waals surface area contributed by atoms with Crippen molar-refractivity contribution in [3.63, 3.8) is 0 Å². The van der Waals surface area contributed by atoms with Crippen LogP contribution in [0, 0.1) is 17.1 Å². The second-order valence-corrected chi connectivity index (χ2v) is 4.55. The van der Waals surface area contributed by atoms with Crippen LogP contribution in [-0.2, 0) is 6.42 Å². The van der Waals surface area contributed by atoms with Gasteiger partial charge in [0.2, 0.25) is 0 Å². The standard InChI is InChI=1S/C16H12FNO.CH5N/c17-13-6-7-14(12(9-13)10-18)15-5-1-3-11-4-2-8-19-16(11)15;1-2/h1,3,5-7,9H,2,4,8H2;2H2,1H3. The molecule has 21 heavy (non-hydrogen) atoms. The van der Waals surface area contributed by atoms with E-state index in [0.29, 0.717) is 12.2 Å². The van der Waals surface area contributed by atoms with Crippen LogP contribution in [0.2, 0.25) is 0 Å². The molecule has 0 fully saturated rings. The summed E-state index contributed by atoms with van der Waals surface area (Å²) in [6.07, 6.45) is 1.98. The Morgan fingerprint density at radius 2 is 2.00 bits per heavy atom. The second-order valence-electron chi connectivity index (χ2n) is 4.55. The van der Waals surface area contributed by atoms with E-state index in [9.17, 15) is 4.39 Å². The van der Waals surface area contributed by atoms with E-state index in [4.69, 9.17) is 10.00 Å². The summed E-state index contributed by atoms with van der Waals surface area (Å²) in [7, 11) is 1.50. The van der Waals surface area contributed by atoms with E-state index in [-0.39, 0.29) is 0 Å². The number of ether oxygens (including phenoxy) is 1. The third-order valence-corrected chi connectivity index (χ3v) is 3.33. The number of rotatable bonds is 1. The van der Waals surface area contributed by atoms with Crippen molar-refractivity contribution in [3.05, 3.63) is 53.3 Å². The van der Waals surface area contributed by atoms with Crippen molar-refractivity contribution in [1.82, 2.24) is 0 Å². The molecule has 4 heteroatoms. The number of benzene rings is 2. The smallest absolute Gasteiger partial charge is 0.130 e. The van der Waals surface area contributed by atoms with Gasteiger partial charge in [-0.1, -0.05) is 24.3 Å². The van der Waals surface area contributed by atoms with Gasteiger partial charge in [0.05, 0.1) is 18.2 Å². The van der Waals surface area contributed by atoms with Gasteiger partial charge in [-0.2, -0.15) is 5.26 Å². The van der Waals surface area contributed by atoms with E-state index < -0.39 is 5.82 Å². The van der Waals surface area contributed by atoms with E-state index in [2.05, 4.69) is 5.73 Å². The van der Waals surface area contributed by atoms with Crippen molar-refractivity contribution in [2.24, 2.45) is 5.73 Å². The minimum atomic E-state index is -0.397. The first-order valence-corrected chi connectivity index (χ1v) is 6.82. The molecule has 2 N–H and O–H groups in total. The summed E-state index contributed by atoms with van der Waals surface area (Å²) in [4.78, 5) is 0. The summed E-state index contributed by atoms with van der Waals surface area (Å²) >= 11 is 0. The number of fused-ring (bicyclic) bond motifs is 1. The number of para-hydroxylation sites is 1. The molecule has 2 aromatic carbocycles. The molecule has 0 spiro atoms. The lowest BCUT2D eigenvalue weighted by Crippen LogP contribution is -2.09. The molecule has 0 radical (unpaired) electrons. The first-order valence-electron chi connectivity index (χ1n) is 6.82. The zero-order valence-corrected chi connectivity index (χ0v) is 11.9. The van der Waals surface area contributed by atoms with Crippen molar-refractivity contribution in [2.45, 2.75) is 12.8 Å². The first-order chi connectivity index (χ1) is 10.3. The maximum Gasteiger partial charge on any atom is 0.130 e. The van der Waals surface area contributed by atoms with Crippen LogP contribution in [-0.4, -0.2) is 13.7 Å². The largest absolute Gasteiger partial charge is 0.493 e. The molecule has 2 aromatic rings. The van der Waals surface area contributed by atoms with Gasteiger partial charge in [-0.25, -0.2) is 4.39 Å². The molecule has 0 saturated heterocycles. The van der Waals surface area contributed by atoms with Gasteiger partial charge in [-0.3, -0.25) is 0 Å². The molecule has 0 bridgehead atoms. The van der Waals surface area contributed by atoms with Crippen LogP contribution in [0.1, 0.15) is 17.5 Å². The fourth-order valence-corrected chi connectivity index (χ4v) is 2.44. The molecule has 3 rings (SSSR count). The molecule has 1 heterocycles. The number of nitrogens with zero attached hydrogens (tertiary/aromatic N) is 1. The Kier molecular flexibility index (Phi) is 4.91. The maximum absolute atomic E-state index is 13.2. The average molecular weight is 284 g/mol.